The first-order valence-corrected chi connectivity index (χ1v) is 11.3. The molecule has 32 heavy (non-hydrogen) atoms. The fraction of sp³-hybridized carbons (Fsp3) is 0.400. The molecule has 0 saturated carbocycles. The van der Waals surface area contributed by atoms with Crippen LogP contribution in [0.2, 0.25) is 0 Å². The number of imide groups is 1. The summed E-state index contributed by atoms with van der Waals surface area (Å²) < 4.78 is 0. The second-order valence-corrected chi connectivity index (χ2v) is 8.99. The molecule has 0 radical (unpaired) electrons. The van der Waals surface area contributed by atoms with Crippen LogP contribution in [0.15, 0.2) is 42.5 Å². The highest BCUT2D eigenvalue weighted by molar-refractivity contribution is 6.05. The molecule has 0 bridgehead atoms. The Balaban J connectivity index is 1.21. The van der Waals surface area contributed by atoms with Gasteiger partial charge in [0.15, 0.2) is 0 Å². The first-order valence-electron chi connectivity index (χ1n) is 11.3. The second kappa shape index (κ2) is 8.39. The number of benzene rings is 2. The topological polar surface area (TPSA) is 73.0 Å². The molecule has 0 aliphatic carbocycles. The fourth-order valence-electron chi connectivity index (χ4n) is 4.90. The number of nitrogens with one attached hydrogen (secondary N) is 1. The summed E-state index contributed by atoms with van der Waals surface area (Å²) in [6, 6.07) is 14.2. The number of fused-ring (bicyclic) bond motifs is 1. The minimum absolute atomic E-state index is 0.118. The third-order valence-corrected chi connectivity index (χ3v) is 6.77. The molecule has 3 heterocycles. The minimum Gasteiger partial charge on any atom is -0.369 e. The maximum Gasteiger partial charge on any atom is 0.255 e. The average molecular weight is 433 g/mol. The van der Waals surface area contributed by atoms with Crippen molar-refractivity contribution < 1.29 is 14.4 Å². The van der Waals surface area contributed by atoms with Crippen LogP contribution in [0.1, 0.15) is 39.9 Å². The highest BCUT2D eigenvalue weighted by atomic mass is 16.2. The van der Waals surface area contributed by atoms with Crippen molar-refractivity contribution in [2.24, 2.45) is 0 Å². The Hall–Kier alpha value is -3.19. The van der Waals surface area contributed by atoms with E-state index >= 15 is 0 Å². The number of carbonyl (C=O) groups excluding carboxylic acids is 3. The SMILES string of the molecule is Cc1ccc(N2CCN(Cc3ccc4c(c3)CN(C3CCC(=O)NC3=O)C4=O)CC2)cc1. The van der Waals surface area contributed by atoms with Crippen molar-refractivity contribution in [3.8, 4) is 0 Å². The number of carbonyl (C=O) groups is 3. The summed E-state index contributed by atoms with van der Waals surface area (Å²) in [6.45, 7) is 7.36. The van der Waals surface area contributed by atoms with Crippen LogP contribution in [0.25, 0.3) is 0 Å². The van der Waals surface area contributed by atoms with E-state index in [1.54, 1.807) is 4.90 Å². The Kier molecular flexibility index (Phi) is 5.43. The lowest BCUT2D eigenvalue weighted by molar-refractivity contribution is -0.136. The number of rotatable bonds is 4. The molecule has 1 N–H and O–H groups in total. The van der Waals surface area contributed by atoms with Gasteiger partial charge in [-0.25, -0.2) is 0 Å². The second-order valence-electron chi connectivity index (χ2n) is 8.99. The Morgan fingerprint density at radius 3 is 2.44 bits per heavy atom. The van der Waals surface area contributed by atoms with Gasteiger partial charge in [0, 0.05) is 56.9 Å². The minimum atomic E-state index is -0.564. The fourth-order valence-corrected chi connectivity index (χ4v) is 4.90. The first kappa shape index (κ1) is 20.7. The lowest BCUT2D eigenvalue weighted by Gasteiger charge is -2.36. The van der Waals surface area contributed by atoms with Gasteiger partial charge in [-0.2, -0.15) is 0 Å². The van der Waals surface area contributed by atoms with Gasteiger partial charge in [0.25, 0.3) is 5.91 Å². The quantitative estimate of drug-likeness (QED) is 0.749. The molecule has 2 aromatic carbocycles. The van der Waals surface area contributed by atoms with Gasteiger partial charge in [0.1, 0.15) is 6.04 Å². The summed E-state index contributed by atoms with van der Waals surface area (Å²) in [5, 5.41) is 2.35. The summed E-state index contributed by atoms with van der Waals surface area (Å²) >= 11 is 0. The van der Waals surface area contributed by atoms with E-state index in [1.165, 1.54) is 16.8 Å². The number of piperidine rings is 1. The normalized spacial score (nSPS) is 21.7. The van der Waals surface area contributed by atoms with Gasteiger partial charge in [0.05, 0.1) is 0 Å². The molecule has 0 spiro atoms. The lowest BCUT2D eigenvalue weighted by atomic mass is 10.0. The van der Waals surface area contributed by atoms with Crippen LogP contribution in [0, 0.1) is 6.92 Å². The van der Waals surface area contributed by atoms with Crippen molar-refractivity contribution in [1.29, 1.82) is 0 Å². The van der Waals surface area contributed by atoms with Crippen LogP contribution in [0.4, 0.5) is 5.69 Å². The van der Waals surface area contributed by atoms with Crippen molar-refractivity contribution in [2.75, 3.05) is 31.1 Å². The number of anilines is 1. The zero-order chi connectivity index (χ0) is 22.2. The van der Waals surface area contributed by atoms with Crippen molar-refractivity contribution in [2.45, 2.75) is 38.9 Å². The molecule has 2 aromatic rings. The van der Waals surface area contributed by atoms with E-state index in [9.17, 15) is 14.4 Å². The molecule has 2 saturated heterocycles. The number of nitrogens with zero attached hydrogens (tertiary/aromatic N) is 3. The summed E-state index contributed by atoms with van der Waals surface area (Å²) in [6.07, 6.45) is 0.666. The van der Waals surface area contributed by atoms with Crippen LogP contribution < -0.4 is 10.2 Å². The highest BCUT2D eigenvalue weighted by Gasteiger charge is 2.39. The summed E-state index contributed by atoms with van der Waals surface area (Å²) in [5.41, 5.74) is 5.38. The van der Waals surface area contributed by atoms with Gasteiger partial charge >= 0.3 is 0 Å². The summed E-state index contributed by atoms with van der Waals surface area (Å²) in [7, 11) is 0. The first-order chi connectivity index (χ1) is 15.5. The smallest absolute Gasteiger partial charge is 0.255 e. The lowest BCUT2D eigenvalue weighted by Crippen LogP contribution is -2.52. The monoisotopic (exact) mass is 432 g/mol. The van der Waals surface area contributed by atoms with Crippen molar-refractivity contribution >= 4 is 23.4 Å². The molecule has 7 heteroatoms. The Labute approximate surface area is 188 Å². The number of piperazine rings is 1. The van der Waals surface area contributed by atoms with Gasteiger partial charge in [-0.3, -0.25) is 24.6 Å². The molecule has 1 atom stereocenters. The van der Waals surface area contributed by atoms with Gasteiger partial charge < -0.3 is 9.80 Å². The van der Waals surface area contributed by atoms with Gasteiger partial charge in [-0.1, -0.05) is 29.8 Å². The van der Waals surface area contributed by atoms with E-state index in [1.807, 2.05) is 12.1 Å². The summed E-state index contributed by atoms with van der Waals surface area (Å²) in [4.78, 5) is 43.0. The molecule has 2 fully saturated rings. The Morgan fingerprint density at radius 2 is 1.72 bits per heavy atom. The van der Waals surface area contributed by atoms with E-state index < -0.39 is 6.04 Å². The average Bonchev–Trinajstić information content (AvgIpc) is 3.10. The van der Waals surface area contributed by atoms with Crippen LogP contribution in [0.3, 0.4) is 0 Å². The van der Waals surface area contributed by atoms with Crippen LogP contribution in [-0.2, 0) is 22.7 Å². The Bertz CT molecular complexity index is 1060. The van der Waals surface area contributed by atoms with Crippen molar-refractivity contribution in [1.82, 2.24) is 15.1 Å². The maximum atomic E-state index is 12.9. The molecule has 3 aliphatic rings. The zero-order valence-electron chi connectivity index (χ0n) is 18.3. The van der Waals surface area contributed by atoms with Gasteiger partial charge in [-0.05, 0) is 42.7 Å². The molecule has 3 amide bonds. The third kappa shape index (κ3) is 4.00. The highest BCUT2D eigenvalue weighted by Crippen LogP contribution is 2.28. The predicted molar refractivity (Wildman–Crippen MR) is 121 cm³/mol. The molecular weight excluding hydrogens is 404 g/mol. The van der Waals surface area contributed by atoms with Crippen molar-refractivity contribution in [3.05, 3.63) is 64.7 Å². The summed E-state index contributed by atoms with van der Waals surface area (Å²) in [5.74, 6) is -0.748. The maximum absolute atomic E-state index is 12.9. The zero-order valence-corrected chi connectivity index (χ0v) is 18.3. The largest absolute Gasteiger partial charge is 0.369 e. The molecule has 166 valence electrons. The van der Waals surface area contributed by atoms with E-state index in [0.717, 1.165) is 38.3 Å². The molecular formula is C25H28N4O3. The molecule has 7 nitrogen and oxygen atoms in total. The van der Waals surface area contributed by atoms with E-state index in [0.29, 0.717) is 18.5 Å². The van der Waals surface area contributed by atoms with E-state index in [4.69, 9.17) is 0 Å². The molecule has 3 aliphatic heterocycles. The van der Waals surface area contributed by atoms with E-state index in [-0.39, 0.29) is 24.1 Å². The number of amides is 3. The predicted octanol–water partition coefficient (Wildman–Crippen LogP) is 2.08. The van der Waals surface area contributed by atoms with Crippen LogP contribution in [0.5, 0.6) is 0 Å². The van der Waals surface area contributed by atoms with E-state index in [2.05, 4.69) is 52.4 Å². The molecule has 0 aromatic heterocycles. The van der Waals surface area contributed by atoms with Crippen LogP contribution in [-0.4, -0.2) is 59.7 Å². The molecule has 1 unspecified atom stereocenters. The van der Waals surface area contributed by atoms with Gasteiger partial charge in [-0.15, -0.1) is 0 Å². The number of hydrogen-bond donors (Lipinski definition) is 1. The number of hydrogen-bond acceptors (Lipinski definition) is 5. The standard InChI is InChI=1S/C25H28N4O3/c1-17-2-5-20(6-3-17)28-12-10-27(11-13-28)15-18-4-7-21-19(14-18)16-29(25(21)32)22-8-9-23(30)26-24(22)31/h2-7,14,22H,8-13,15-16H2,1H3,(H,26,30,31). The Morgan fingerprint density at radius 1 is 0.969 bits per heavy atom. The van der Waals surface area contributed by atoms with Crippen molar-refractivity contribution in [3.63, 3.8) is 0 Å². The molecule has 5 rings (SSSR count). The van der Waals surface area contributed by atoms with Gasteiger partial charge in [0.2, 0.25) is 11.8 Å². The van der Waals surface area contributed by atoms with Crippen LogP contribution >= 0.6 is 0 Å². The number of aryl methyl sites for hydroxylation is 1. The third-order valence-electron chi connectivity index (χ3n) is 6.77.